The quantitative estimate of drug-likeness (QED) is 0.898. The second-order valence-corrected chi connectivity index (χ2v) is 7.94. The van der Waals surface area contributed by atoms with E-state index in [1.54, 1.807) is 11.0 Å². The molecule has 2 rings (SSSR count). The van der Waals surface area contributed by atoms with Crippen molar-refractivity contribution in [2.75, 3.05) is 6.54 Å². The number of rotatable bonds is 4. The lowest BCUT2D eigenvalue weighted by atomic mass is 10.1. The Balaban J connectivity index is 2.13. The van der Waals surface area contributed by atoms with E-state index in [9.17, 15) is 18.0 Å². The Hall–Kier alpha value is -1.89. The topological polar surface area (TPSA) is 83.5 Å². The van der Waals surface area contributed by atoms with Gasteiger partial charge in [-0.05, 0) is 51.0 Å². The van der Waals surface area contributed by atoms with E-state index in [0.29, 0.717) is 0 Å². The van der Waals surface area contributed by atoms with Gasteiger partial charge in [-0.25, -0.2) is 13.1 Å². The molecule has 0 saturated carbocycles. The molecular weight excluding hydrogens is 316 g/mol. The third-order valence-corrected chi connectivity index (χ3v) is 5.52. The number of amides is 2. The minimum absolute atomic E-state index is 0.00310. The summed E-state index contributed by atoms with van der Waals surface area (Å²) in [6.45, 7) is 7.68. The fourth-order valence-electron chi connectivity index (χ4n) is 2.56. The van der Waals surface area contributed by atoms with Crippen molar-refractivity contribution in [3.05, 3.63) is 29.3 Å². The number of carbonyl (C=O) groups excluding carboxylic acids is 2. The Morgan fingerprint density at radius 3 is 2.43 bits per heavy atom. The van der Waals surface area contributed by atoms with Gasteiger partial charge in [-0.15, -0.1) is 0 Å². The third kappa shape index (κ3) is 3.72. The average Bonchev–Trinajstić information content (AvgIpc) is 2.83. The van der Waals surface area contributed by atoms with Crippen LogP contribution in [-0.4, -0.2) is 37.7 Å². The zero-order chi connectivity index (χ0) is 17.4. The molecule has 0 spiro atoms. The number of aryl methyl sites for hydroxylation is 2. The molecule has 0 bridgehead atoms. The number of nitrogens with zero attached hydrogens (tertiary/aromatic N) is 1. The summed E-state index contributed by atoms with van der Waals surface area (Å²) in [4.78, 5) is 25.7. The lowest BCUT2D eigenvalue weighted by Gasteiger charge is -2.20. The molecule has 1 heterocycles. The summed E-state index contributed by atoms with van der Waals surface area (Å²) < 4.78 is 26.8. The molecule has 1 aliphatic rings. The van der Waals surface area contributed by atoms with E-state index >= 15 is 0 Å². The van der Waals surface area contributed by atoms with Crippen LogP contribution >= 0.6 is 0 Å². The van der Waals surface area contributed by atoms with Crippen molar-refractivity contribution in [1.29, 1.82) is 0 Å². The standard InChI is InChI=1S/C16H22N2O4S/c1-10(2)18-9-13(8-15(18)19)16(20)17-23(21,22)14-6-5-11(3)12(4)7-14/h5-7,10,13H,8-9H2,1-4H3,(H,17,20)/t13-/m0/s1. The van der Waals surface area contributed by atoms with E-state index in [2.05, 4.69) is 4.72 Å². The molecule has 7 heteroatoms. The fraction of sp³-hybridized carbons (Fsp3) is 0.500. The smallest absolute Gasteiger partial charge is 0.264 e. The first-order chi connectivity index (χ1) is 10.6. The maximum absolute atomic E-state index is 12.3. The van der Waals surface area contributed by atoms with E-state index in [1.165, 1.54) is 12.1 Å². The van der Waals surface area contributed by atoms with Gasteiger partial charge in [0.15, 0.2) is 0 Å². The number of carbonyl (C=O) groups is 2. The van der Waals surface area contributed by atoms with Crippen LogP contribution in [0, 0.1) is 19.8 Å². The Bertz CT molecular complexity index is 740. The first-order valence-electron chi connectivity index (χ1n) is 7.55. The summed E-state index contributed by atoms with van der Waals surface area (Å²) >= 11 is 0. The maximum atomic E-state index is 12.3. The molecule has 126 valence electrons. The van der Waals surface area contributed by atoms with Gasteiger partial charge in [0.25, 0.3) is 10.0 Å². The van der Waals surface area contributed by atoms with Crippen LogP contribution in [0.15, 0.2) is 23.1 Å². The molecule has 2 amide bonds. The van der Waals surface area contributed by atoms with Gasteiger partial charge in [0.1, 0.15) is 0 Å². The highest BCUT2D eigenvalue weighted by Crippen LogP contribution is 2.21. The van der Waals surface area contributed by atoms with Crippen LogP contribution in [0.4, 0.5) is 0 Å². The van der Waals surface area contributed by atoms with Crippen LogP contribution in [0.2, 0.25) is 0 Å². The number of hydrogen-bond donors (Lipinski definition) is 1. The zero-order valence-corrected chi connectivity index (χ0v) is 14.6. The summed E-state index contributed by atoms with van der Waals surface area (Å²) in [5.41, 5.74) is 1.81. The lowest BCUT2D eigenvalue weighted by Crippen LogP contribution is -2.38. The summed E-state index contributed by atoms with van der Waals surface area (Å²) in [6, 6.07) is 4.70. The van der Waals surface area contributed by atoms with Gasteiger partial charge in [-0.1, -0.05) is 6.07 Å². The summed E-state index contributed by atoms with van der Waals surface area (Å²) in [6.07, 6.45) is 0.0481. The monoisotopic (exact) mass is 338 g/mol. The summed E-state index contributed by atoms with van der Waals surface area (Å²) in [5.74, 6) is -1.38. The highest BCUT2D eigenvalue weighted by atomic mass is 32.2. The van der Waals surface area contributed by atoms with Crippen LogP contribution in [0.3, 0.4) is 0 Å². The first kappa shape index (κ1) is 17.5. The Kier molecular flexibility index (Phi) is 4.79. The normalized spacial score (nSPS) is 18.6. The maximum Gasteiger partial charge on any atom is 0.264 e. The molecule has 6 nitrogen and oxygen atoms in total. The molecule has 1 N–H and O–H groups in total. The van der Waals surface area contributed by atoms with Crippen molar-refractivity contribution in [2.45, 2.75) is 45.1 Å². The number of benzene rings is 1. The minimum Gasteiger partial charge on any atom is -0.339 e. The molecular formula is C16H22N2O4S. The van der Waals surface area contributed by atoms with Gasteiger partial charge in [0.05, 0.1) is 10.8 Å². The van der Waals surface area contributed by atoms with Crippen LogP contribution in [0.5, 0.6) is 0 Å². The second kappa shape index (κ2) is 6.31. The molecule has 0 aromatic heterocycles. The molecule has 0 aliphatic carbocycles. The first-order valence-corrected chi connectivity index (χ1v) is 9.03. The Labute approximate surface area is 136 Å². The van der Waals surface area contributed by atoms with Gasteiger partial charge in [0, 0.05) is 19.0 Å². The molecule has 1 fully saturated rings. The van der Waals surface area contributed by atoms with Crippen molar-refractivity contribution in [3.8, 4) is 0 Å². The van der Waals surface area contributed by atoms with E-state index in [0.717, 1.165) is 11.1 Å². The Morgan fingerprint density at radius 2 is 1.91 bits per heavy atom. The molecule has 1 atom stereocenters. The van der Waals surface area contributed by atoms with Crippen LogP contribution in [0.1, 0.15) is 31.4 Å². The molecule has 0 radical (unpaired) electrons. The van der Waals surface area contributed by atoms with Gasteiger partial charge in [-0.2, -0.15) is 0 Å². The average molecular weight is 338 g/mol. The van der Waals surface area contributed by atoms with Crippen LogP contribution < -0.4 is 4.72 Å². The lowest BCUT2D eigenvalue weighted by molar-refractivity contribution is -0.129. The Morgan fingerprint density at radius 1 is 1.26 bits per heavy atom. The number of hydrogen-bond acceptors (Lipinski definition) is 4. The number of nitrogens with one attached hydrogen (secondary N) is 1. The van der Waals surface area contributed by atoms with Crippen molar-refractivity contribution in [2.24, 2.45) is 5.92 Å². The van der Waals surface area contributed by atoms with Crippen molar-refractivity contribution in [1.82, 2.24) is 9.62 Å². The van der Waals surface area contributed by atoms with Gasteiger partial charge < -0.3 is 4.90 Å². The predicted molar refractivity (Wildman–Crippen MR) is 86.2 cm³/mol. The van der Waals surface area contributed by atoms with Gasteiger partial charge in [-0.3, -0.25) is 9.59 Å². The van der Waals surface area contributed by atoms with Crippen LogP contribution in [-0.2, 0) is 19.6 Å². The third-order valence-electron chi connectivity index (χ3n) is 4.18. The van der Waals surface area contributed by atoms with Crippen molar-refractivity contribution >= 4 is 21.8 Å². The predicted octanol–water partition coefficient (Wildman–Crippen LogP) is 1.37. The fourth-order valence-corrected chi connectivity index (χ4v) is 3.69. The SMILES string of the molecule is Cc1ccc(S(=O)(=O)NC(=O)[C@H]2CC(=O)N(C(C)C)C2)cc1C. The molecule has 23 heavy (non-hydrogen) atoms. The highest BCUT2D eigenvalue weighted by molar-refractivity contribution is 7.90. The summed E-state index contributed by atoms with van der Waals surface area (Å²) in [7, 11) is -3.92. The van der Waals surface area contributed by atoms with Crippen molar-refractivity contribution < 1.29 is 18.0 Å². The molecule has 1 aliphatic heterocycles. The number of likely N-dealkylation sites (tertiary alicyclic amines) is 1. The van der Waals surface area contributed by atoms with E-state index in [4.69, 9.17) is 0 Å². The van der Waals surface area contributed by atoms with Crippen LogP contribution in [0.25, 0.3) is 0 Å². The molecule has 0 unspecified atom stereocenters. The summed E-state index contributed by atoms with van der Waals surface area (Å²) in [5, 5.41) is 0. The van der Waals surface area contributed by atoms with Crippen molar-refractivity contribution in [3.63, 3.8) is 0 Å². The highest BCUT2D eigenvalue weighted by Gasteiger charge is 2.37. The second-order valence-electron chi connectivity index (χ2n) is 6.26. The van der Waals surface area contributed by atoms with Gasteiger partial charge in [0.2, 0.25) is 11.8 Å². The largest absolute Gasteiger partial charge is 0.339 e. The van der Waals surface area contributed by atoms with Gasteiger partial charge >= 0.3 is 0 Å². The van der Waals surface area contributed by atoms with E-state index in [-0.39, 0.29) is 29.8 Å². The molecule has 1 aromatic rings. The zero-order valence-electron chi connectivity index (χ0n) is 13.8. The molecule has 1 aromatic carbocycles. The number of sulfonamides is 1. The van der Waals surface area contributed by atoms with E-state index < -0.39 is 21.8 Å². The van der Waals surface area contributed by atoms with E-state index in [1.807, 2.05) is 27.7 Å². The molecule has 1 saturated heterocycles. The minimum atomic E-state index is -3.92.